The molecule has 6 nitrogen and oxygen atoms in total. The standard InChI is InChI=1S/C60H120O6Si5/c1-44(34-39-51(64-69(25,26)56(9,10)11)59(18,19)66-71(29,30)58(15,16)17)48-37-38-49-46(33-31-40-60(48,49)20)35-36-47-43-50(63-68(23,24)55(6,7)8)53(52(45(47)2)65-70(27,28)57(12,13)14)61-41-32-42-62-67(21,22)54(3,4)5/h35-36,44,48-53H,2,31-34,37-43H2,1,3-30H3/t44-,48-,49+,50-,51+,52-,53-,60-/m1/s1. The number of rotatable bonds is 20. The molecule has 0 saturated heterocycles. The zero-order chi connectivity index (χ0) is 55.2. The minimum atomic E-state index is -2.25. The van der Waals surface area contributed by atoms with Crippen LogP contribution in [0.15, 0.2) is 35.5 Å². The van der Waals surface area contributed by atoms with Crippen LogP contribution in [-0.4, -0.2) is 84.8 Å². The molecule has 3 aliphatic rings. The third-order valence-electron chi connectivity index (χ3n) is 20.6. The summed E-state index contributed by atoms with van der Waals surface area (Å²) in [5, 5.41) is 0.531. The van der Waals surface area contributed by atoms with Gasteiger partial charge in [0.15, 0.2) is 41.6 Å². The van der Waals surface area contributed by atoms with E-state index in [9.17, 15) is 0 Å². The average molecular weight is 1080 g/mol. The van der Waals surface area contributed by atoms with Gasteiger partial charge in [-0.2, -0.15) is 0 Å². The van der Waals surface area contributed by atoms with E-state index < -0.39 is 41.6 Å². The molecule has 3 fully saturated rings. The molecule has 0 radical (unpaired) electrons. The summed E-state index contributed by atoms with van der Waals surface area (Å²) in [4.78, 5) is 0. The van der Waals surface area contributed by atoms with Crippen molar-refractivity contribution in [2.75, 3.05) is 13.2 Å². The Hall–Kier alpha value is 0.0644. The lowest BCUT2D eigenvalue weighted by atomic mass is 9.60. The maximum absolute atomic E-state index is 7.50. The zero-order valence-electron chi connectivity index (χ0n) is 52.6. The van der Waals surface area contributed by atoms with Crippen molar-refractivity contribution in [3.8, 4) is 0 Å². The fraction of sp³-hybridized carbons (Fsp3) is 0.900. The topological polar surface area (TPSA) is 55.4 Å². The molecule has 0 spiro atoms. The van der Waals surface area contributed by atoms with E-state index in [4.69, 9.17) is 33.4 Å². The molecule has 0 amide bonds. The molecule has 11 heteroatoms. The first-order valence-electron chi connectivity index (χ1n) is 28.6. The van der Waals surface area contributed by atoms with E-state index in [0.717, 1.165) is 31.3 Å². The molecule has 0 aromatic heterocycles. The van der Waals surface area contributed by atoms with Gasteiger partial charge in [-0.1, -0.05) is 142 Å². The predicted molar refractivity (Wildman–Crippen MR) is 323 cm³/mol. The molecule has 0 unspecified atom stereocenters. The normalized spacial score (nSPS) is 27.4. The molecule has 0 bridgehead atoms. The molecular formula is C60H120O6Si5. The van der Waals surface area contributed by atoms with Crippen molar-refractivity contribution in [1.29, 1.82) is 0 Å². The van der Waals surface area contributed by atoms with Gasteiger partial charge in [-0.3, -0.25) is 0 Å². The van der Waals surface area contributed by atoms with Crippen molar-refractivity contribution in [1.82, 2.24) is 0 Å². The van der Waals surface area contributed by atoms with E-state index in [1.54, 1.807) is 5.57 Å². The second-order valence-corrected chi connectivity index (χ2v) is 55.5. The molecule has 0 heterocycles. The lowest BCUT2D eigenvalue weighted by Gasteiger charge is -2.49. The maximum atomic E-state index is 7.50. The number of fused-ring (bicyclic) bond motifs is 1. The first-order chi connectivity index (χ1) is 31.6. The zero-order valence-corrected chi connectivity index (χ0v) is 57.6. The summed E-state index contributed by atoms with van der Waals surface area (Å²) in [6, 6.07) is 0. The smallest absolute Gasteiger partial charge is 0.193 e. The van der Waals surface area contributed by atoms with Crippen LogP contribution >= 0.6 is 0 Å². The van der Waals surface area contributed by atoms with Crippen molar-refractivity contribution in [2.45, 2.75) is 310 Å². The van der Waals surface area contributed by atoms with Crippen LogP contribution in [0.3, 0.4) is 0 Å². The summed E-state index contributed by atoms with van der Waals surface area (Å²) in [5.74, 6) is 1.88. The van der Waals surface area contributed by atoms with Gasteiger partial charge in [0, 0.05) is 19.6 Å². The van der Waals surface area contributed by atoms with Gasteiger partial charge < -0.3 is 26.9 Å². The maximum Gasteiger partial charge on any atom is 0.193 e. The van der Waals surface area contributed by atoms with Crippen molar-refractivity contribution in [3.63, 3.8) is 0 Å². The van der Waals surface area contributed by atoms with Crippen LogP contribution in [0.2, 0.25) is 90.7 Å². The summed E-state index contributed by atoms with van der Waals surface area (Å²) in [7, 11) is -10.4. The molecule has 0 aromatic rings. The van der Waals surface area contributed by atoms with Crippen LogP contribution in [0.4, 0.5) is 0 Å². The summed E-state index contributed by atoms with van der Waals surface area (Å²) in [6.45, 7) is 75.2. The van der Waals surface area contributed by atoms with Gasteiger partial charge >= 0.3 is 0 Å². The number of ether oxygens (including phenoxy) is 1. The van der Waals surface area contributed by atoms with Gasteiger partial charge in [0.1, 0.15) is 6.10 Å². The summed E-state index contributed by atoms with van der Waals surface area (Å²) in [6.07, 6.45) is 14.6. The van der Waals surface area contributed by atoms with Crippen molar-refractivity contribution in [2.24, 2.45) is 23.2 Å². The minimum absolute atomic E-state index is 0.0318. The van der Waals surface area contributed by atoms with E-state index in [1.165, 1.54) is 37.7 Å². The summed E-state index contributed by atoms with van der Waals surface area (Å²) < 4.78 is 43.4. The van der Waals surface area contributed by atoms with Crippen LogP contribution in [0.5, 0.6) is 0 Å². The molecule has 8 atom stereocenters. The van der Waals surface area contributed by atoms with Crippen LogP contribution in [0.25, 0.3) is 0 Å². The summed E-state index contributed by atoms with van der Waals surface area (Å²) in [5.41, 5.74) is 3.91. The van der Waals surface area contributed by atoms with Gasteiger partial charge in [-0.25, -0.2) is 0 Å². The van der Waals surface area contributed by atoms with E-state index >= 15 is 0 Å². The quantitative estimate of drug-likeness (QED) is 0.0895. The molecule has 3 rings (SSSR count). The predicted octanol–water partition coefficient (Wildman–Crippen LogP) is 19.2. The highest BCUT2D eigenvalue weighted by Gasteiger charge is 2.53. The van der Waals surface area contributed by atoms with E-state index in [2.05, 4.69) is 209 Å². The Morgan fingerprint density at radius 2 is 1.14 bits per heavy atom. The molecule has 416 valence electrons. The average Bonchev–Trinajstić information content (AvgIpc) is 3.52. The van der Waals surface area contributed by atoms with Crippen molar-refractivity contribution < 1.29 is 26.9 Å². The van der Waals surface area contributed by atoms with Crippen LogP contribution in [-0.2, 0) is 26.9 Å². The van der Waals surface area contributed by atoms with Crippen LogP contribution in [0.1, 0.15) is 189 Å². The van der Waals surface area contributed by atoms with Crippen molar-refractivity contribution >= 4 is 41.6 Å². The van der Waals surface area contributed by atoms with Crippen molar-refractivity contribution in [3.05, 3.63) is 35.5 Å². The third-order valence-corrected chi connectivity index (χ3v) is 43.3. The van der Waals surface area contributed by atoms with E-state index in [1.807, 2.05) is 0 Å². The second-order valence-electron chi connectivity index (χ2n) is 31.7. The largest absolute Gasteiger partial charge is 0.417 e. The molecule has 3 aliphatic carbocycles. The Labute approximate surface area is 447 Å². The Morgan fingerprint density at radius 3 is 1.65 bits per heavy atom. The number of hydrogen-bond acceptors (Lipinski definition) is 6. The number of hydrogen-bond donors (Lipinski definition) is 0. The fourth-order valence-corrected chi connectivity index (χ4v) is 17.4. The molecule has 0 N–H and O–H groups in total. The highest BCUT2D eigenvalue weighted by Crippen LogP contribution is 2.60. The minimum Gasteiger partial charge on any atom is -0.417 e. The first-order valence-corrected chi connectivity index (χ1v) is 43.2. The Bertz CT molecular complexity index is 1830. The SMILES string of the molecule is C=C1C(=CC=C2CCC[C@]3(C)[C@@H]([C@H](C)CC[C@H](O[Si](C)(C)C(C)(C)C)C(C)(C)O[Si](C)(C)C(C)(C)C)CC[C@@H]23)C[C@@H](O[Si](C)(C)C(C)(C)C)[C@@H](OCCCO[Si](C)(C)C(C)(C)C)[C@@H]1O[Si](C)(C)C(C)(C)C. The molecule has 0 aliphatic heterocycles. The van der Waals surface area contributed by atoms with Gasteiger partial charge in [0.05, 0.1) is 23.9 Å². The lowest BCUT2D eigenvalue weighted by Crippen LogP contribution is -2.57. The highest BCUT2D eigenvalue weighted by atomic mass is 28.4. The van der Waals surface area contributed by atoms with Crippen LogP contribution in [0, 0.1) is 23.2 Å². The van der Waals surface area contributed by atoms with Gasteiger partial charge in [0.2, 0.25) is 0 Å². The summed E-state index contributed by atoms with van der Waals surface area (Å²) >= 11 is 0. The first kappa shape index (κ1) is 65.3. The van der Waals surface area contributed by atoms with E-state index in [0.29, 0.717) is 31.0 Å². The molecule has 71 heavy (non-hydrogen) atoms. The fourth-order valence-electron chi connectivity index (χ4n) is 10.5. The Kier molecular flexibility index (Phi) is 21.0. The van der Waals surface area contributed by atoms with Gasteiger partial charge in [-0.15, -0.1) is 0 Å². The molecule has 0 aromatic carbocycles. The lowest BCUT2D eigenvalue weighted by molar-refractivity contribution is -0.0879. The van der Waals surface area contributed by atoms with Gasteiger partial charge in [0.25, 0.3) is 0 Å². The number of allylic oxidation sites excluding steroid dienone is 3. The monoisotopic (exact) mass is 1080 g/mol. The Morgan fingerprint density at radius 1 is 0.634 bits per heavy atom. The molecule has 3 saturated carbocycles. The third kappa shape index (κ3) is 15.9. The highest BCUT2D eigenvalue weighted by molar-refractivity contribution is 6.76. The second kappa shape index (κ2) is 22.8. The Balaban J connectivity index is 2.01. The van der Waals surface area contributed by atoms with Gasteiger partial charge in [-0.05, 0) is 190 Å². The molecular weight excluding hydrogens is 957 g/mol. The van der Waals surface area contributed by atoms with E-state index in [-0.39, 0.29) is 60.6 Å². The van der Waals surface area contributed by atoms with Crippen LogP contribution < -0.4 is 0 Å².